The molecule has 118 valence electrons. The zero-order valence-electron chi connectivity index (χ0n) is 13.2. The molecule has 2 aromatic heterocycles. The van der Waals surface area contributed by atoms with Crippen LogP contribution in [0.2, 0.25) is 0 Å². The molecule has 3 aromatic rings. The lowest BCUT2D eigenvalue weighted by atomic mass is 10.2. The van der Waals surface area contributed by atoms with Gasteiger partial charge in [0.25, 0.3) is 5.91 Å². The van der Waals surface area contributed by atoms with Crippen molar-refractivity contribution in [2.75, 3.05) is 5.32 Å². The number of hydrogen-bond acceptors (Lipinski definition) is 5. The smallest absolute Gasteiger partial charge is 0.261 e. The van der Waals surface area contributed by atoms with Crippen molar-refractivity contribution < 1.29 is 4.79 Å². The number of rotatable bonds is 4. The second kappa shape index (κ2) is 6.29. The van der Waals surface area contributed by atoms with Crippen LogP contribution in [-0.4, -0.2) is 25.9 Å². The molecule has 0 radical (unpaired) electrons. The highest BCUT2D eigenvalue weighted by Crippen LogP contribution is 2.21. The molecule has 0 aliphatic heterocycles. The molecule has 6 nitrogen and oxygen atoms in total. The summed E-state index contributed by atoms with van der Waals surface area (Å²) in [4.78, 5) is 12.6. The third-order valence-corrected chi connectivity index (χ3v) is 4.49. The molecule has 0 spiro atoms. The summed E-state index contributed by atoms with van der Waals surface area (Å²) in [6.07, 6.45) is 0.803. The number of aryl methyl sites for hydroxylation is 2. The van der Waals surface area contributed by atoms with E-state index in [2.05, 4.69) is 20.6 Å². The SMILES string of the molecule is CCc1nnc(NC(=O)c2c(C)nn(-c3ccccc3)c2C)s1. The first kappa shape index (κ1) is 15.4. The number of amides is 1. The van der Waals surface area contributed by atoms with E-state index in [-0.39, 0.29) is 5.91 Å². The van der Waals surface area contributed by atoms with E-state index in [4.69, 9.17) is 0 Å². The van der Waals surface area contributed by atoms with E-state index in [1.165, 1.54) is 11.3 Å². The minimum Gasteiger partial charge on any atom is -0.296 e. The number of aromatic nitrogens is 4. The number of nitrogens with one attached hydrogen (secondary N) is 1. The van der Waals surface area contributed by atoms with Crippen molar-refractivity contribution in [3.63, 3.8) is 0 Å². The topological polar surface area (TPSA) is 72.7 Å². The summed E-state index contributed by atoms with van der Waals surface area (Å²) in [6, 6.07) is 9.75. The van der Waals surface area contributed by atoms with Crippen LogP contribution in [0, 0.1) is 13.8 Å². The van der Waals surface area contributed by atoms with E-state index in [0.717, 1.165) is 22.8 Å². The zero-order valence-corrected chi connectivity index (χ0v) is 14.0. The van der Waals surface area contributed by atoms with E-state index in [1.54, 1.807) is 4.68 Å². The Hall–Kier alpha value is -2.54. The average molecular weight is 327 g/mol. The quantitative estimate of drug-likeness (QED) is 0.799. The van der Waals surface area contributed by atoms with E-state index in [9.17, 15) is 4.79 Å². The van der Waals surface area contributed by atoms with Gasteiger partial charge in [-0.15, -0.1) is 10.2 Å². The molecule has 23 heavy (non-hydrogen) atoms. The summed E-state index contributed by atoms with van der Waals surface area (Å²) in [6.45, 7) is 5.72. The molecular weight excluding hydrogens is 310 g/mol. The summed E-state index contributed by atoms with van der Waals surface area (Å²) in [5.74, 6) is -0.207. The largest absolute Gasteiger partial charge is 0.296 e. The average Bonchev–Trinajstić information content (AvgIpc) is 3.12. The van der Waals surface area contributed by atoms with Crippen molar-refractivity contribution in [2.45, 2.75) is 27.2 Å². The van der Waals surface area contributed by atoms with E-state index in [1.807, 2.05) is 51.1 Å². The molecule has 0 saturated carbocycles. The number of para-hydroxylation sites is 1. The predicted molar refractivity (Wildman–Crippen MR) is 90.3 cm³/mol. The molecule has 0 fully saturated rings. The van der Waals surface area contributed by atoms with Gasteiger partial charge in [-0.1, -0.05) is 36.5 Å². The van der Waals surface area contributed by atoms with Crippen molar-refractivity contribution in [2.24, 2.45) is 0 Å². The second-order valence-electron chi connectivity index (χ2n) is 5.10. The van der Waals surface area contributed by atoms with Crippen LogP contribution in [0.3, 0.4) is 0 Å². The van der Waals surface area contributed by atoms with Crippen molar-refractivity contribution in [3.05, 3.63) is 52.3 Å². The highest BCUT2D eigenvalue weighted by Gasteiger charge is 2.20. The maximum Gasteiger partial charge on any atom is 0.261 e. The first-order valence-electron chi connectivity index (χ1n) is 7.35. The number of nitrogens with zero attached hydrogens (tertiary/aromatic N) is 4. The number of benzene rings is 1. The van der Waals surface area contributed by atoms with E-state index in [0.29, 0.717) is 16.4 Å². The monoisotopic (exact) mass is 327 g/mol. The van der Waals surface area contributed by atoms with Crippen LogP contribution in [0.1, 0.15) is 33.7 Å². The van der Waals surface area contributed by atoms with Crippen LogP contribution in [-0.2, 0) is 6.42 Å². The molecule has 0 atom stereocenters. The standard InChI is InChI=1S/C16H17N5OS/c1-4-13-18-19-16(23-13)17-15(22)14-10(2)20-21(11(14)3)12-8-6-5-7-9-12/h5-9H,4H2,1-3H3,(H,17,19,22). The Labute approximate surface area is 138 Å². The van der Waals surface area contributed by atoms with Crippen LogP contribution in [0.15, 0.2) is 30.3 Å². The second-order valence-corrected chi connectivity index (χ2v) is 6.16. The van der Waals surface area contributed by atoms with Gasteiger partial charge in [0.2, 0.25) is 5.13 Å². The van der Waals surface area contributed by atoms with Crippen LogP contribution >= 0.6 is 11.3 Å². The van der Waals surface area contributed by atoms with Crippen molar-refractivity contribution in [1.82, 2.24) is 20.0 Å². The molecule has 0 unspecified atom stereocenters. The Morgan fingerprint density at radius 3 is 2.61 bits per heavy atom. The molecule has 0 aliphatic rings. The molecule has 0 bridgehead atoms. The fourth-order valence-corrected chi connectivity index (χ4v) is 3.07. The van der Waals surface area contributed by atoms with Gasteiger partial charge in [-0.3, -0.25) is 10.1 Å². The molecule has 7 heteroatoms. The zero-order chi connectivity index (χ0) is 16.4. The first-order valence-corrected chi connectivity index (χ1v) is 8.17. The molecule has 2 heterocycles. The van der Waals surface area contributed by atoms with Gasteiger partial charge in [0.05, 0.1) is 22.6 Å². The van der Waals surface area contributed by atoms with Crippen LogP contribution in [0.4, 0.5) is 5.13 Å². The lowest BCUT2D eigenvalue weighted by molar-refractivity contribution is 0.102. The Bertz CT molecular complexity index is 838. The molecular formula is C16H17N5OS. The van der Waals surface area contributed by atoms with Crippen LogP contribution in [0.25, 0.3) is 5.69 Å². The van der Waals surface area contributed by atoms with Gasteiger partial charge in [-0.05, 0) is 32.4 Å². The maximum atomic E-state index is 12.6. The summed E-state index contributed by atoms with van der Waals surface area (Å²) in [7, 11) is 0. The summed E-state index contributed by atoms with van der Waals surface area (Å²) < 4.78 is 1.78. The predicted octanol–water partition coefficient (Wildman–Crippen LogP) is 3.16. The third-order valence-electron chi connectivity index (χ3n) is 3.51. The summed E-state index contributed by atoms with van der Waals surface area (Å²) >= 11 is 1.39. The van der Waals surface area contributed by atoms with Gasteiger partial charge >= 0.3 is 0 Å². The van der Waals surface area contributed by atoms with Gasteiger partial charge in [0.1, 0.15) is 5.01 Å². The Morgan fingerprint density at radius 1 is 1.22 bits per heavy atom. The highest BCUT2D eigenvalue weighted by atomic mass is 32.1. The van der Waals surface area contributed by atoms with Gasteiger partial charge < -0.3 is 0 Å². The highest BCUT2D eigenvalue weighted by molar-refractivity contribution is 7.15. The van der Waals surface area contributed by atoms with E-state index >= 15 is 0 Å². The van der Waals surface area contributed by atoms with Gasteiger partial charge in [0, 0.05) is 0 Å². The summed E-state index contributed by atoms with van der Waals surface area (Å²) in [5, 5.41) is 16.7. The number of carbonyl (C=O) groups is 1. The van der Waals surface area contributed by atoms with Crippen LogP contribution in [0.5, 0.6) is 0 Å². The maximum absolute atomic E-state index is 12.6. The molecule has 1 amide bonds. The fraction of sp³-hybridized carbons (Fsp3) is 0.250. The molecule has 1 aromatic carbocycles. The lowest BCUT2D eigenvalue weighted by Gasteiger charge is -2.05. The normalized spacial score (nSPS) is 10.7. The van der Waals surface area contributed by atoms with Gasteiger partial charge in [0.15, 0.2) is 0 Å². The first-order chi connectivity index (χ1) is 11.1. The van der Waals surface area contributed by atoms with Crippen molar-refractivity contribution in [3.8, 4) is 5.69 Å². The fourth-order valence-electron chi connectivity index (χ4n) is 2.40. The molecule has 0 saturated heterocycles. The Balaban J connectivity index is 1.90. The number of anilines is 1. The van der Waals surface area contributed by atoms with Gasteiger partial charge in [-0.25, -0.2) is 4.68 Å². The van der Waals surface area contributed by atoms with Crippen LogP contribution < -0.4 is 5.32 Å². The number of hydrogen-bond donors (Lipinski definition) is 1. The van der Waals surface area contributed by atoms with Gasteiger partial charge in [-0.2, -0.15) is 5.10 Å². The summed E-state index contributed by atoms with van der Waals surface area (Å²) in [5.41, 5.74) is 2.98. The van der Waals surface area contributed by atoms with E-state index < -0.39 is 0 Å². The van der Waals surface area contributed by atoms with Crippen molar-refractivity contribution >= 4 is 22.4 Å². The molecule has 0 aliphatic carbocycles. The molecule has 3 rings (SSSR count). The number of carbonyl (C=O) groups excluding carboxylic acids is 1. The Morgan fingerprint density at radius 2 is 1.96 bits per heavy atom. The van der Waals surface area contributed by atoms with Crippen molar-refractivity contribution in [1.29, 1.82) is 0 Å². The molecule has 1 N–H and O–H groups in total. The lowest BCUT2D eigenvalue weighted by Crippen LogP contribution is -2.14. The minimum absolute atomic E-state index is 0.207. The minimum atomic E-state index is -0.207. The third kappa shape index (κ3) is 3.00. The Kier molecular flexibility index (Phi) is 4.20.